The molecule has 2 aliphatic carbocycles. The van der Waals surface area contributed by atoms with Crippen molar-refractivity contribution in [3.8, 4) is 22.6 Å². The number of benzene rings is 4. The molecule has 2 amide bonds. The molecule has 0 bridgehead atoms. The highest BCUT2D eigenvalue weighted by Gasteiger charge is 2.72. The summed E-state index contributed by atoms with van der Waals surface area (Å²) in [5, 5.41) is 27.1. The number of carbonyl (C=O) groups is 4. The number of ether oxygens (including phenoxy) is 2. The molecule has 0 spiro atoms. The highest BCUT2D eigenvalue weighted by molar-refractivity contribution is 5.98. The van der Waals surface area contributed by atoms with E-state index in [4.69, 9.17) is 9.47 Å². The van der Waals surface area contributed by atoms with E-state index in [1.807, 2.05) is 0 Å². The van der Waals surface area contributed by atoms with E-state index in [-0.39, 0.29) is 23.9 Å². The van der Waals surface area contributed by atoms with Gasteiger partial charge in [0.05, 0.1) is 28.5 Å². The van der Waals surface area contributed by atoms with Crippen LogP contribution in [-0.2, 0) is 36.9 Å². The number of carbonyl (C=O) groups excluding carboxylic acids is 2. The molecule has 4 atom stereocenters. The third-order valence-corrected chi connectivity index (χ3v) is 11.2. The summed E-state index contributed by atoms with van der Waals surface area (Å²) in [5.74, 6) is -15.1. The normalized spacial score (nSPS) is 18.5. The maximum atomic E-state index is 14.8. The number of amides is 2. The van der Waals surface area contributed by atoms with Crippen molar-refractivity contribution in [3.05, 3.63) is 155 Å². The van der Waals surface area contributed by atoms with Crippen molar-refractivity contribution in [2.24, 2.45) is 23.7 Å². The number of hydrogen-bond acceptors (Lipinski definition) is 7. The van der Waals surface area contributed by atoms with E-state index >= 15 is 0 Å². The first-order chi connectivity index (χ1) is 32.6. The van der Waals surface area contributed by atoms with Crippen LogP contribution < -0.4 is 25.4 Å². The van der Waals surface area contributed by atoms with Gasteiger partial charge in [0, 0.05) is 25.5 Å². The molecule has 0 radical (unpaired) electrons. The topological polar surface area (TPSA) is 163 Å². The smallest absolute Gasteiger partial charge is 0.416 e. The van der Waals surface area contributed by atoms with Crippen LogP contribution in [0.1, 0.15) is 22.3 Å². The second kappa shape index (κ2) is 19.3. The second-order valence-electron chi connectivity index (χ2n) is 15.5. The molecular weight excluding hydrogens is 963 g/mol. The predicted octanol–water partition coefficient (Wildman–Crippen LogP) is 10.5. The molecule has 0 saturated carbocycles. The Morgan fingerprint density at radius 1 is 0.543 bits per heavy atom. The minimum atomic E-state index is -5.99. The molecule has 0 heterocycles. The van der Waals surface area contributed by atoms with Gasteiger partial charge in [-0.25, -0.2) is 0 Å². The Labute approximate surface area is 387 Å². The fraction of sp³-hybridized carbons (Fsp3) is 0.234. The van der Waals surface area contributed by atoms with Crippen LogP contribution in [0.5, 0.6) is 11.5 Å². The lowest BCUT2D eigenvalue weighted by Crippen LogP contribution is -2.54. The number of hydrogen-bond donors (Lipinski definition) is 5. The molecule has 70 heavy (non-hydrogen) atoms. The summed E-state index contributed by atoms with van der Waals surface area (Å²) in [4.78, 5) is 51.9. The quantitative estimate of drug-likeness (QED) is 0.0821. The molecule has 0 aromatic heterocycles. The van der Waals surface area contributed by atoms with E-state index in [0.717, 1.165) is 73.8 Å². The Balaban J connectivity index is 1.45. The summed E-state index contributed by atoms with van der Waals surface area (Å²) in [5.41, 5.74) is -12.7. The average molecular weight is 998 g/mol. The summed E-state index contributed by atoms with van der Waals surface area (Å²) >= 11 is 0. The Hall–Kier alpha value is -7.72. The predicted molar refractivity (Wildman–Crippen MR) is 225 cm³/mol. The number of rotatable bonds is 13. The summed E-state index contributed by atoms with van der Waals surface area (Å²) in [6, 6.07) is 8.97. The van der Waals surface area contributed by atoms with Gasteiger partial charge in [-0.1, -0.05) is 54.6 Å². The number of carboxylic acids is 2. The third kappa shape index (κ3) is 10.2. The van der Waals surface area contributed by atoms with Crippen LogP contribution in [0, 0.1) is 23.7 Å². The number of anilines is 2. The average Bonchev–Trinajstić information content (AvgIpc) is 3.28. The zero-order valence-corrected chi connectivity index (χ0v) is 35.7. The highest BCUT2D eigenvalue weighted by Crippen LogP contribution is 2.56. The van der Waals surface area contributed by atoms with Gasteiger partial charge in [0.2, 0.25) is 17.2 Å². The molecule has 5 N–H and O–H groups in total. The molecule has 370 valence electrons. The summed E-state index contributed by atoms with van der Waals surface area (Å²) in [7, 11) is 2.53. The van der Waals surface area contributed by atoms with Crippen molar-refractivity contribution in [2.45, 2.75) is 30.1 Å². The van der Waals surface area contributed by atoms with Crippen molar-refractivity contribution in [1.29, 1.82) is 0 Å². The number of nitrogens with one attached hydrogen (secondary N) is 3. The fourth-order valence-corrected chi connectivity index (χ4v) is 7.92. The second-order valence-corrected chi connectivity index (χ2v) is 15.5. The van der Waals surface area contributed by atoms with Crippen LogP contribution in [0.3, 0.4) is 0 Å². The molecule has 4 aromatic carbocycles. The van der Waals surface area contributed by atoms with Crippen LogP contribution in [0.15, 0.2) is 133 Å². The lowest BCUT2D eigenvalue weighted by molar-refractivity contribution is -0.288. The van der Waals surface area contributed by atoms with Gasteiger partial charge in [0.15, 0.2) is 0 Å². The van der Waals surface area contributed by atoms with Crippen molar-refractivity contribution < 1.29 is 91.5 Å². The fourth-order valence-electron chi connectivity index (χ4n) is 7.92. The zero-order valence-electron chi connectivity index (χ0n) is 35.7. The molecule has 0 aliphatic heterocycles. The van der Waals surface area contributed by atoms with E-state index in [0.29, 0.717) is 36.4 Å². The largest absolute Gasteiger partial charge is 0.481 e. The Kier molecular flexibility index (Phi) is 14.3. The number of halogens is 12. The van der Waals surface area contributed by atoms with Gasteiger partial charge in [0.25, 0.3) is 0 Å². The minimum Gasteiger partial charge on any atom is -0.481 e. The van der Waals surface area contributed by atoms with Gasteiger partial charge in [-0.3, -0.25) is 19.2 Å². The van der Waals surface area contributed by atoms with Crippen molar-refractivity contribution >= 4 is 35.1 Å². The highest BCUT2D eigenvalue weighted by atomic mass is 19.4. The van der Waals surface area contributed by atoms with Gasteiger partial charge in [-0.2, -0.15) is 52.7 Å². The van der Waals surface area contributed by atoms with Gasteiger partial charge < -0.3 is 35.6 Å². The van der Waals surface area contributed by atoms with Crippen LogP contribution in [0.4, 0.5) is 64.1 Å². The van der Waals surface area contributed by atoms with E-state index in [1.54, 1.807) is 0 Å². The minimum absolute atomic E-state index is 0.187. The molecule has 0 saturated heterocycles. The van der Waals surface area contributed by atoms with Gasteiger partial charge in [-0.15, -0.1) is 0 Å². The van der Waals surface area contributed by atoms with Crippen LogP contribution in [0.2, 0.25) is 0 Å². The molecular formula is C47H35F12N3O8. The molecule has 4 aromatic rings. The Bertz CT molecular complexity index is 2750. The number of allylic oxidation sites excluding steroid dienone is 4. The van der Waals surface area contributed by atoms with E-state index in [2.05, 4.69) is 16.0 Å². The van der Waals surface area contributed by atoms with Gasteiger partial charge in [-0.05, 0) is 83.4 Å². The lowest BCUT2D eigenvalue weighted by Gasteiger charge is -2.38. The molecule has 4 unspecified atom stereocenters. The van der Waals surface area contributed by atoms with Crippen molar-refractivity contribution in [1.82, 2.24) is 5.32 Å². The number of carboxylic acid groups (broad SMARTS) is 2. The summed E-state index contributed by atoms with van der Waals surface area (Å²) < 4.78 is 186. The first-order valence-electron chi connectivity index (χ1n) is 20.2. The Morgan fingerprint density at radius 3 is 1.33 bits per heavy atom. The van der Waals surface area contributed by atoms with Gasteiger partial charge in [0.1, 0.15) is 34.9 Å². The number of alkyl halides is 12. The van der Waals surface area contributed by atoms with E-state index in [9.17, 15) is 82.1 Å². The number of aliphatic carboxylic acids is 2. The van der Waals surface area contributed by atoms with Crippen LogP contribution in [-0.4, -0.2) is 60.4 Å². The third-order valence-electron chi connectivity index (χ3n) is 11.2. The lowest BCUT2D eigenvalue weighted by atomic mass is 9.73. The standard InChI is InChI=1S/C47H35F12N3O8/c1-60-28-16-12-24(13-17-28)43(46(54,55)56,47(57,58)59)25-14-18-29(19-15-25)62-40(64)38-31(42(67)68)7-4-9-35(38)70-33-11-5-10-32(69-34-8-3-6-30(41(65)66)37(34)39(63)61-2)36(33)23-20-26(44(48,49)50)22-27(21-23)45(51,52)53/h3-22,30-31,37-38,60H,1-2H3,(H,61,63)(H,62,64)(H,65,66)(H,67,68). The molecule has 0 fully saturated rings. The molecule has 23 heteroatoms. The van der Waals surface area contributed by atoms with Gasteiger partial charge >= 0.3 is 36.6 Å². The van der Waals surface area contributed by atoms with E-state index in [1.165, 1.54) is 7.05 Å². The van der Waals surface area contributed by atoms with Crippen LogP contribution >= 0.6 is 0 Å². The molecule has 6 rings (SSSR count). The summed E-state index contributed by atoms with van der Waals surface area (Å²) in [6.07, 6.45) is -16.4. The zero-order chi connectivity index (χ0) is 51.7. The molecule has 11 nitrogen and oxygen atoms in total. The monoisotopic (exact) mass is 997 g/mol. The summed E-state index contributed by atoms with van der Waals surface area (Å²) in [6.45, 7) is 0. The van der Waals surface area contributed by atoms with Crippen LogP contribution in [0.25, 0.3) is 11.1 Å². The molecule has 2 aliphatic rings. The van der Waals surface area contributed by atoms with Crippen molar-refractivity contribution in [3.63, 3.8) is 0 Å². The first-order valence-corrected chi connectivity index (χ1v) is 20.2. The Morgan fingerprint density at radius 2 is 0.957 bits per heavy atom. The van der Waals surface area contributed by atoms with E-state index < -0.39 is 140 Å². The first kappa shape index (κ1) is 51.7. The maximum absolute atomic E-state index is 14.8. The van der Waals surface area contributed by atoms with Crippen molar-refractivity contribution in [2.75, 3.05) is 24.7 Å². The maximum Gasteiger partial charge on any atom is 0.416 e. The SMILES string of the molecule is CNC(=O)C1C(Oc2cccc(OC3=CC=CC(C(=O)O)C3C(=O)Nc3ccc(C(c4ccc(NC)cc4)(C(F)(F)F)C(F)(F)F)cc3)c2-c2cc(C(F)(F)F)cc(C(F)(F)F)c2)=CC=CC1C(=O)O.